The number of carbonyl (C=O) groups excluding carboxylic acids is 1. The number of thiazole rings is 1. The molecule has 1 N–H and O–H groups in total. The molecule has 0 aromatic carbocycles. The molecule has 0 atom stereocenters. The molecule has 1 aromatic rings. The van der Waals surface area contributed by atoms with Gasteiger partial charge in [0, 0.05) is 0 Å². The second-order valence-corrected chi connectivity index (χ2v) is 4.26. The van der Waals surface area contributed by atoms with Gasteiger partial charge in [-0.25, -0.2) is 4.98 Å². The van der Waals surface area contributed by atoms with Gasteiger partial charge in [-0.05, 0) is 15.9 Å². The summed E-state index contributed by atoms with van der Waals surface area (Å²) in [4.78, 5) is 14.7. The maximum absolute atomic E-state index is 10.8. The Bertz CT molecular complexity index is 330. The number of halogens is 1. The molecule has 1 heterocycles. The number of aromatic nitrogens is 1. The topological polar surface area (TPSA) is 65.8 Å². The molecule has 6 heteroatoms. The molecule has 0 aliphatic rings. The summed E-state index contributed by atoms with van der Waals surface area (Å²) in [5.41, 5.74) is 0. The van der Waals surface area contributed by atoms with E-state index in [0.29, 0.717) is 5.13 Å². The molecule has 0 unspecified atom stereocenters. The Morgan fingerprint density at radius 1 is 1.92 bits per heavy atom. The molecule has 1 rings (SSSR count). The molecule has 0 aliphatic carbocycles. The van der Waals surface area contributed by atoms with Crippen molar-refractivity contribution in [3.05, 3.63) is 9.98 Å². The van der Waals surface area contributed by atoms with Crippen LogP contribution in [0.15, 0.2) is 9.98 Å². The van der Waals surface area contributed by atoms with Crippen LogP contribution in [0.3, 0.4) is 0 Å². The van der Waals surface area contributed by atoms with Crippen molar-refractivity contribution in [2.75, 3.05) is 5.32 Å². The van der Waals surface area contributed by atoms with E-state index in [4.69, 9.17) is 5.26 Å². The highest BCUT2D eigenvalue weighted by Gasteiger charge is 2.03. The van der Waals surface area contributed by atoms with E-state index < -0.39 is 0 Å². The number of nitriles is 1. The fourth-order valence-electron chi connectivity index (χ4n) is 0.547. The predicted octanol–water partition coefficient (Wildman–Crippen LogP) is 1.76. The first-order chi connectivity index (χ1) is 5.72. The van der Waals surface area contributed by atoms with E-state index in [0.717, 1.165) is 3.79 Å². The zero-order chi connectivity index (χ0) is 8.97. The smallest absolute Gasteiger partial charge is 0.240 e. The Kier molecular flexibility index (Phi) is 3.19. The first kappa shape index (κ1) is 9.16. The normalized spacial score (nSPS) is 9.00. The lowest BCUT2D eigenvalue weighted by molar-refractivity contribution is -0.115. The van der Waals surface area contributed by atoms with E-state index in [-0.39, 0.29) is 12.3 Å². The van der Waals surface area contributed by atoms with Crippen molar-refractivity contribution >= 4 is 38.3 Å². The maximum atomic E-state index is 10.8. The summed E-state index contributed by atoms with van der Waals surface area (Å²) in [6.45, 7) is 0. The van der Waals surface area contributed by atoms with Gasteiger partial charge in [0.2, 0.25) is 5.91 Å². The first-order valence-electron chi connectivity index (χ1n) is 3.00. The molecule has 12 heavy (non-hydrogen) atoms. The molecule has 62 valence electrons. The Morgan fingerprint density at radius 2 is 2.67 bits per heavy atom. The van der Waals surface area contributed by atoms with Gasteiger partial charge in [-0.3, -0.25) is 4.79 Å². The third-order valence-electron chi connectivity index (χ3n) is 0.963. The van der Waals surface area contributed by atoms with Crippen molar-refractivity contribution in [1.29, 1.82) is 5.26 Å². The Labute approximate surface area is 81.4 Å². The van der Waals surface area contributed by atoms with E-state index in [1.165, 1.54) is 11.3 Å². The summed E-state index contributed by atoms with van der Waals surface area (Å²) in [6, 6.07) is 1.75. The summed E-state index contributed by atoms with van der Waals surface area (Å²) in [5.74, 6) is -0.334. The lowest BCUT2D eigenvalue weighted by atomic mass is 10.4. The van der Waals surface area contributed by atoms with Gasteiger partial charge in [-0.2, -0.15) is 5.26 Å². The average molecular weight is 246 g/mol. The summed E-state index contributed by atoms with van der Waals surface area (Å²) in [6.07, 6.45) is 1.45. The van der Waals surface area contributed by atoms with Crippen LogP contribution in [0.2, 0.25) is 0 Å². The van der Waals surface area contributed by atoms with Crippen LogP contribution in [0.5, 0.6) is 0 Å². The molecule has 0 fully saturated rings. The van der Waals surface area contributed by atoms with Crippen molar-refractivity contribution in [3.8, 4) is 6.07 Å². The highest BCUT2D eigenvalue weighted by Crippen LogP contribution is 2.22. The molecule has 0 radical (unpaired) electrons. The van der Waals surface area contributed by atoms with Crippen molar-refractivity contribution in [1.82, 2.24) is 4.98 Å². The molecule has 0 saturated heterocycles. The zero-order valence-corrected chi connectivity index (χ0v) is 8.28. The lowest BCUT2D eigenvalue weighted by Crippen LogP contribution is -2.09. The molecule has 1 amide bonds. The van der Waals surface area contributed by atoms with Gasteiger partial charge in [0.05, 0.1) is 16.1 Å². The molecule has 1 aromatic heterocycles. The van der Waals surface area contributed by atoms with Crippen LogP contribution in [0.25, 0.3) is 0 Å². The van der Waals surface area contributed by atoms with E-state index >= 15 is 0 Å². The molecule has 0 spiro atoms. The van der Waals surface area contributed by atoms with Crippen LogP contribution < -0.4 is 5.32 Å². The Morgan fingerprint density at radius 3 is 3.17 bits per heavy atom. The number of carbonyl (C=O) groups is 1. The van der Waals surface area contributed by atoms with Crippen molar-refractivity contribution in [2.45, 2.75) is 6.42 Å². The minimum atomic E-state index is -0.334. The van der Waals surface area contributed by atoms with Crippen molar-refractivity contribution < 1.29 is 4.79 Å². The number of hydrogen-bond acceptors (Lipinski definition) is 4. The number of rotatable bonds is 2. The highest BCUT2D eigenvalue weighted by molar-refractivity contribution is 9.11. The van der Waals surface area contributed by atoms with E-state index in [1.807, 2.05) is 0 Å². The van der Waals surface area contributed by atoms with Gasteiger partial charge in [0.1, 0.15) is 6.42 Å². The molecule has 0 aliphatic heterocycles. The summed E-state index contributed by atoms with van der Waals surface area (Å²) in [7, 11) is 0. The van der Waals surface area contributed by atoms with Gasteiger partial charge in [-0.15, -0.1) is 0 Å². The van der Waals surface area contributed by atoms with E-state index in [9.17, 15) is 4.79 Å². The zero-order valence-electron chi connectivity index (χ0n) is 5.87. The second kappa shape index (κ2) is 4.18. The summed E-state index contributed by atoms with van der Waals surface area (Å²) < 4.78 is 0.842. The van der Waals surface area contributed by atoms with Crippen molar-refractivity contribution in [3.63, 3.8) is 0 Å². The minimum Gasteiger partial charge on any atom is -0.301 e. The quantitative estimate of drug-likeness (QED) is 0.864. The molecule has 0 saturated carbocycles. The standard InChI is InChI=1S/C6H4BrN3OS/c7-4-3-9-6(12-4)10-5(11)1-2-8/h3H,1H2,(H,9,10,11). The predicted molar refractivity (Wildman–Crippen MR) is 48.7 cm³/mol. The van der Waals surface area contributed by atoms with Crippen LogP contribution in [0.1, 0.15) is 6.42 Å². The number of amides is 1. The van der Waals surface area contributed by atoms with Gasteiger partial charge < -0.3 is 5.32 Å². The highest BCUT2D eigenvalue weighted by atomic mass is 79.9. The lowest BCUT2D eigenvalue weighted by Gasteiger charge is -1.93. The second-order valence-electron chi connectivity index (χ2n) is 1.85. The number of hydrogen-bond donors (Lipinski definition) is 1. The number of nitrogens with zero attached hydrogens (tertiary/aromatic N) is 2. The van der Waals surface area contributed by atoms with Crippen LogP contribution in [-0.2, 0) is 4.79 Å². The summed E-state index contributed by atoms with van der Waals surface area (Å²) >= 11 is 4.51. The first-order valence-corrected chi connectivity index (χ1v) is 4.61. The van der Waals surface area contributed by atoms with Crippen LogP contribution in [0.4, 0.5) is 5.13 Å². The van der Waals surface area contributed by atoms with Gasteiger partial charge in [-0.1, -0.05) is 11.3 Å². The third kappa shape index (κ3) is 2.60. The van der Waals surface area contributed by atoms with Crippen LogP contribution in [0, 0.1) is 11.3 Å². The van der Waals surface area contributed by atoms with Crippen LogP contribution >= 0.6 is 27.3 Å². The third-order valence-corrected chi connectivity index (χ3v) is 2.36. The Hall–Kier alpha value is -0.930. The fourth-order valence-corrected chi connectivity index (χ4v) is 1.67. The maximum Gasteiger partial charge on any atom is 0.240 e. The SMILES string of the molecule is N#CCC(=O)Nc1ncc(Br)s1. The number of nitrogens with one attached hydrogen (secondary N) is 1. The minimum absolute atomic E-state index is 0.142. The number of anilines is 1. The van der Waals surface area contributed by atoms with Gasteiger partial charge in [0.25, 0.3) is 0 Å². The van der Waals surface area contributed by atoms with E-state index in [1.54, 1.807) is 12.3 Å². The largest absolute Gasteiger partial charge is 0.301 e. The summed E-state index contributed by atoms with van der Waals surface area (Å²) in [5, 5.41) is 11.2. The molecule has 4 nitrogen and oxygen atoms in total. The van der Waals surface area contributed by atoms with E-state index in [2.05, 4.69) is 26.2 Å². The van der Waals surface area contributed by atoms with Gasteiger partial charge in [0.15, 0.2) is 5.13 Å². The molecular weight excluding hydrogens is 242 g/mol. The van der Waals surface area contributed by atoms with Gasteiger partial charge >= 0.3 is 0 Å². The molecule has 0 bridgehead atoms. The van der Waals surface area contributed by atoms with Crippen LogP contribution in [-0.4, -0.2) is 10.9 Å². The fraction of sp³-hybridized carbons (Fsp3) is 0.167. The molecular formula is C6H4BrN3OS. The monoisotopic (exact) mass is 245 g/mol. The average Bonchev–Trinajstić information content (AvgIpc) is 2.36. The van der Waals surface area contributed by atoms with Crippen molar-refractivity contribution in [2.24, 2.45) is 0 Å². The Balaban J connectivity index is 2.53.